The Labute approximate surface area is 119 Å². The SMILES string of the molecule is O=[N+]([O-])c1ccc2oc(NC3(CO)CCOCC3)nc2c1. The summed E-state index contributed by atoms with van der Waals surface area (Å²) in [5.41, 5.74) is 0.311. The molecular weight excluding hydrogens is 278 g/mol. The van der Waals surface area contributed by atoms with Crippen LogP contribution in [0.25, 0.3) is 11.1 Å². The van der Waals surface area contributed by atoms with Crippen molar-refractivity contribution in [2.45, 2.75) is 18.4 Å². The highest BCUT2D eigenvalue weighted by molar-refractivity contribution is 5.77. The van der Waals surface area contributed by atoms with Crippen LogP contribution in [-0.4, -0.2) is 40.4 Å². The first-order chi connectivity index (χ1) is 10.1. The van der Waals surface area contributed by atoms with Crippen molar-refractivity contribution in [1.29, 1.82) is 0 Å². The van der Waals surface area contributed by atoms with Crippen molar-refractivity contribution in [3.8, 4) is 0 Å². The van der Waals surface area contributed by atoms with Gasteiger partial charge in [0.05, 0.1) is 17.1 Å². The number of oxazole rings is 1. The minimum Gasteiger partial charge on any atom is -0.424 e. The molecule has 1 aromatic carbocycles. The molecule has 2 heterocycles. The second-order valence-corrected chi connectivity index (χ2v) is 5.10. The third-order valence-electron chi connectivity index (χ3n) is 3.71. The van der Waals surface area contributed by atoms with Gasteiger partial charge in [-0.25, -0.2) is 0 Å². The standard InChI is InChI=1S/C13H15N3O5/c17-8-13(3-5-20-6-4-13)15-12-14-10-7-9(16(18)19)1-2-11(10)21-12/h1-2,7,17H,3-6,8H2,(H,14,15). The molecule has 8 heteroatoms. The summed E-state index contributed by atoms with van der Waals surface area (Å²) in [7, 11) is 0. The second kappa shape index (κ2) is 5.30. The van der Waals surface area contributed by atoms with Crippen LogP contribution in [0.15, 0.2) is 22.6 Å². The van der Waals surface area contributed by atoms with Crippen molar-refractivity contribution in [3.05, 3.63) is 28.3 Å². The second-order valence-electron chi connectivity index (χ2n) is 5.10. The van der Waals surface area contributed by atoms with Crippen molar-refractivity contribution in [3.63, 3.8) is 0 Å². The van der Waals surface area contributed by atoms with E-state index in [9.17, 15) is 15.2 Å². The molecule has 2 N–H and O–H groups in total. The van der Waals surface area contributed by atoms with Crippen molar-refractivity contribution in [2.24, 2.45) is 0 Å². The normalized spacial score (nSPS) is 17.8. The highest BCUT2D eigenvalue weighted by Gasteiger charge is 2.33. The monoisotopic (exact) mass is 293 g/mol. The highest BCUT2D eigenvalue weighted by atomic mass is 16.6. The Hall–Kier alpha value is -2.19. The first-order valence-corrected chi connectivity index (χ1v) is 6.64. The maximum Gasteiger partial charge on any atom is 0.296 e. The molecule has 1 saturated heterocycles. The van der Waals surface area contributed by atoms with Crippen LogP contribution in [0, 0.1) is 10.1 Å². The Morgan fingerprint density at radius 1 is 1.43 bits per heavy atom. The van der Waals surface area contributed by atoms with Gasteiger partial charge in [0.25, 0.3) is 11.7 Å². The molecule has 0 spiro atoms. The highest BCUT2D eigenvalue weighted by Crippen LogP contribution is 2.28. The van der Waals surface area contributed by atoms with Crippen molar-refractivity contribution >= 4 is 22.8 Å². The van der Waals surface area contributed by atoms with Gasteiger partial charge in [-0.15, -0.1) is 0 Å². The van der Waals surface area contributed by atoms with Crippen LogP contribution in [-0.2, 0) is 4.74 Å². The number of non-ortho nitro benzene ring substituents is 1. The van der Waals surface area contributed by atoms with Crippen molar-refractivity contribution in [1.82, 2.24) is 4.98 Å². The van der Waals surface area contributed by atoms with Crippen LogP contribution in [0.5, 0.6) is 0 Å². The van der Waals surface area contributed by atoms with Gasteiger partial charge in [-0.05, 0) is 18.9 Å². The Balaban J connectivity index is 1.88. The fourth-order valence-electron chi connectivity index (χ4n) is 2.39. The molecule has 0 radical (unpaired) electrons. The maximum atomic E-state index is 10.8. The molecule has 21 heavy (non-hydrogen) atoms. The molecule has 112 valence electrons. The summed E-state index contributed by atoms with van der Waals surface area (Å²) >= 11 is 0. The van der Waals surface area contributed by atoms with E-state index in [1.165, 1.54) is 18.2 Å². The third kappa shape index (κ3) is 2.67. The van der Waals surface area contributed by atoms with Gasteiger partial charge in [0, 0.05) is 25.3 Å². The lowest BCUT2D eigenvalue weighted by Gasteiger charge is -2.35. The van der Waals surface area contributed by atoms with E-state index in [4.69, 9.17) is 9.15 Å². The van der Waals surface area contributed by atoms with Crippen LogP contribution >= 0.6 is 0 Å². The zero-order valence-electron chi connectivity index (χ0n) is 11.2. The van der Waals surface area contributed by atoms with Gasteiger partial charge >= 0.3 is 0 Å². The maximum absolute atomic E-state index is 10.8. The van der Waals surface area contributed by atoms with E-state index < -0.39 is 10.5 Å². The van der Waals surface area contributed by atoms with Gasteiger partial charge in [-0.2, -0.15) is 4.98 Å². The van der Waals surface area contributed by atoms with Crippen LogP contribution in [0.3, 0.4) is 0 Å². The van der Waals surface area contributed by atoms with E-state index >= 15 is 0 Å². The molecule has 1 aliphatic rings. The number of nitrogens with one attached hydrogen (secondary N) is 1. The lowest BCUT2D eigenvalue weighted by atomic mass is 9.91. The smallest absolute Gasteiger partial charge is 0.296 e. The molecule has 1 aromatic heterocycles. The molecule has 3 rings (SSSR count). The number of hydrogen-bond donors (Lipinski definition) is 2. The van der Waals surface area contributed by atoms with Gasteiger partial charge in [-0.1, -0.05) is 0 Å². The number of aromatic nitrogens is 1. The topological polar surface area (TPSA) is 111 Å². The van der Waals surface area contributed by atoms with Crippen LogP contribution in [0.2, 0.25) is 0 Å². The summed E-state index contributed by atoms with van der Waals surface area (Å²) in [5.74, 6) is 0. The predicted molar refractivity (Wildman–Crippen MR) is 74.2 cm³/mol. The molecule has 2 aromatic rings. The first kappa shape index (κ1) is 13.8. The first-order valence-electron chi connectivity index (χ1n) is 6.64. The summed E-state index contributed by atoms with van der Waals surface area (Å²) in [6.45, 7) is 1.05. The number of hydrogen-bond acceptors (Lipinski definition) is 7. The number of aliphatic hydroxyl groups excluding tert-OH is 1. The number of nitrogens with zero attached hydrogens (tertiary/aromatic N) is 2. The molecule has 0 bridgehead atoms. The average Bonchev–Trinajstić information content (AvgIpc) is 2.89. The molecule has 0 atom stereocenters. The van der Waals surface area contributed by atoms with Gasteiger partial charge in [0.15, 0.2) is 5.58 Å². The summed E-state index contributed by atoms with van der Waals surface area (Å²) in [5, 5.41) is 23.5. The van der Waals surface area contributed by atoms with Crippen LogP contribution in [0.1, 0.15) is 12.8 Å². The Kier molecular flexibility index (Phi) is 3.48. The van der Waals surface area contributed by atoms with Gasteiger partial charge in [0.1, 0.15) is 5.52 Å². The predicted octanol–water partition coefficient (Wildman–Crippen LogP) is 1.69. The zero-order valence-corrected chi connectivity index (χ0v) is 11.2. The largest absolute Gasteiger partial charge is 0.424 e. The minimum atomic E-state index is -0.523. The molecule has 0 saturated carbocycles. The molecule has 1 aliphatic heterocycles. The van der Waals surface area contributed by atoms with Gasteiger partial charge in [-0.3, -0.25) is 10.1 Å². The average molecular weight is 293 g/mol. The van der Waals surface area contributed by atoms with E-state index in [2.05, 4.69) is 10.3 Å². The number of rotatable bonds is 4. The van der Waals surface area contributed by atoms with Crippen LogP contribution < -0.4 is 5.32 Å². The fraction of sp³-hybridized carbons (Fsp3) is 0.462. The summed E-state index contributed by atoms with van der Waals surface area (Å²) < 4.78 is 10.8. The number of nitro benzene ring substituents is 1. The van der Waals surface area contributed by atoms with E-state index in [1.807, 2.05) is 0 Å². The molecule has 8 nitrogen and oxygen atoms in total. The summed E-state index contributed by atoms with van der Waals surface area (Å²) in [6, 6.07) is 4.50. The number of fused-ring (bicyclic) bond motifs is 1. The number of aliphatic hydroxyl groups is 1. The lowest BCUT2D eigenvalue weighted by molar-refractivity contribution is -0.384. The lowest BCUT2D eigenvalue weighted by Crippen LogP contribution is -2.47. The van der Waals surface area contributed by atoms with Crippen LogP contribution in [0.4, 0.5) is 11.7 Å². The molecule has 0 unspecified atom stereocenters. The Bertz CT molecular complexity index is 663. The number of ether oxygens (including phenoxy) is 1. The molecule has 0 amide bonds. The van der Waals surface area contributed by atoms with E-state index in [-0.39, 0.29) is 18.3 Å². The number of anilines is 1. The quantitative estimate of drug-likeness (QED) is 0.651. The Morgan fingerprint density at radius 3 is 2.86 bits per heavy atom. The summed E-state index contributed by atoms with van der Waals surface area (Å²) in [4.78, 5) is 14.5. The van der Waals surface area contributed by atoms with E-state index in [0.29, 0.717) is 37.2 Å². The summed E-state index contributed by atoms with van der Waals surface area (Å²) in [6.07, 6.45) is 1.28. The van der Waals surface area contributed by atoms with Gasteiger partial charge < -0.3 is 19.6 Å². The van der Waals surface area contributed by atoms with E-state index in [0.717, 1.165) is 0 Å². The Morgan fingerprint density at radius 2 is 2.19 bits per heavy atom. The number of nitro groups is 1. The molecule has 1 fully saturated rings. The van der Waals surface area contributed by atoms with Gasteiger partial charge in [0.2, 0.25) is 0 Å². The number of benzene rings is 1. The van der Waals surface area contributed by atoms with Crippen molar-refractivity contribution < 1.29 is 19.2 Å². The fourth-order valence-corrected chi connectivity index (χ4v) is 2.39. The molecular formula is C13H15N3O5. The third-order valence-corrected chi connectivity index (χ3v) is 3.71. The minimum absolute atomic E-state index is 0.0368. The zero-order chi connectivity index (χ0) is 14.9. The van der Waals surface area contributed by atoms with E-state index in [1.54, 1.807) is 0 Å². The van der Waals surface area contributed by atoms with Crippen molar-refractivity contribution in [2.75, 3.05) is 25.1 Å². The molecule has 0 aliphatic carbocycles.